The first-order valence-corrected chi connectivity index (χ1v) is 9.69. The molecule has 0 aliphatic heterocycles. The largest absolute Gasteiger partial charge is 0.486 e. The Morgan fingerprint density at radius 1 is 1.11 bits per heavy atom. The summed E-state index contributed by atoms with van der Waals surface area (Å²) in [5.41, 5.74) is 4.15. The molecule has 3 heterocycles. The number of fused-ring (bicyclic) bond motifs is 1. The number of benzene rings is 1. The summed E-state index contributed by atoms with van der Waals surface area (Å²) < 4.78 is 13.0. The van der Waals surface area contributed by atoms with E-state index < -0.39 is 0 Å². The van der Waals surface area contributed by atoms with Crippen molar-refractivity contribution in [1.82, 2.24) is 14.4 Å². The highest BCUT2D eigenvalue weighted by molar-refractivity contribution is 7.09. The Balaban J connectivity index is 1.35. The molecular formula is C21H19N3O3S. The van der Waals surface area contributed by atoms with Gasteiger partial charge in [-0.15, -0.1) is 11.3 Å². The molecule has 0 atom stereocenters. The summed E-state index contributed by atoms with van der Waals surface area (Å²) >= 11 is 1.49. The third-order valence-corrected chi connectivity index (χ3v) is 5.26. The highest BCUT2D eigenvalue weighted by Gasteiger charge is 2.14. The molecule has 7 heteroatoms. The molecule has 4 aromatic rings. The van der Waals surface area contributed by atoms with Crippen molar-refractivity contribution >= 4 is 22.8 Å². The molecule has 0 bridgehead atoms. The van der Waals surface area contributed by atoms with Crippen molar-refractivity contribution < 1.29 is 14.3 Å². The molecule has 0 amide bonds. The zero-order valence-electron chi connectivity index (χ0n) is 15.6. The van der Waals surface area contributed by atoms with Gasteiger partial charge >= 0.3 is 5.97 Å². The number of ether oxygens (including phenoxy) is 2. The number of hydrogen-bond acceptors (Lipinski definition) is 6. The first kappa shape index (κ1) is 18.2. The van der Waals surface area contributed by atoms with Gasteiger partial charge in [0.1, 0.15) is 24.0 Å². The molecule has 4 rings (SSSR count). The van der Waals surface area contributed by atoms with E-state index in [1.165, 1.54) is 16.9 Å². The molecule has 28 heavy (non-hydrogen) atoms. The maximum atomic E-state index is 12.4. The summed E-state index contributed by atoms with van der Waals surface area (Å²) in [6.45, 7) is 4.42. The van der Waals surface area contributed by atoms with E-state index >= 15 is 0 Å². The maximum Gasteiger partial charge on any atom is 0.340 e. The fourth-order valence-electron chi connectivity index (χ4n) is 2.82. The molecule has 6 nitrogen and oxygen atoms in total. The number of rotatable bonds is 6. The number of thiazole rings is 1. The van der Waals surface area contributed by atoms with Crippen LogP contribution in [0.2, 0.25) is 0 Å². The van der Waals surface area contributed by atoms with Crippen molar-refractivity contribution in [3.05, 3.63) is 81.8 Å². The second kappa shape index (κ2) is 7.82. The van der Waals surface area contributed by atoms with Crippen molar-refractivity contribution in [1.29, 1.82) is 0 Å². The van der Waals surface area contributed by atoms with Gasteiger partial charge in [-0.25, -0.2) is 14.8 Å². The standard InChI is InChI=1S/C21H19N3O3S/c1-14-3-6-18(7-4-14)26-11-20-23-16(12-28-20)10-27-21(25)19-8-5-17-9-22-13-24(17)15(19)2/h3-9,12-13H,10-11H2,1-2H3. The number of carbonyl (C=O) groups excluding carboxylic acids is 1. The highest BCUT2D eigenvalue weighted by atomic mass is 32.1. The minimum absolute atomic E-state index is 0.126. The smallest absolute Gasteiger partial charge is 0.340 e. The lowest BCUT2D eigenvalue weighted by Crippen LogP contribution is -2.09. The molecule has 0 saturated carbocycles. The van der Waals surface area contributed by atoms with Crippen LogP contribution >= 0.6 is 11.3 Å². The Bertz CT molecular complexity index is 1120. The minimum Gasteiger partial charge on any atom is -0.486 e. The topological polar surface area (TPSA) is 65.7 Å². The molecule has 0 saturated heterocycles. The van der Waals surface area contributed by atoms with Crippen LogP contribution in [0.25, 0.3) is 5.52 Å². The Kier molecular flexibility index (Phi) is 5.08. The second-order valence-corrected chi connectivity index (χ2v) is 7.37. The van der Waals surface area contributed by atoms with Gasteiger partial charge in [-0.1, -0.05) is 17.7 Å². The Morgan fingerprint density at radius 3 is 2.75 bits per heavy atom. The van der Waals surface area contributed by atoms with Crippen LogP contribution < -0.4 is 4.74 Å². The highest BCUT2D eigenvalue weighted by Crippen LogP contribution is 2.18. The van der Waals surface area contributed by atoms with Crippen molar-refractivity contribution in [3.63, 3.8) is 0 Å². The van der Waals surface area contributed by atoms with Gasteiger partial charge in [-0.3, -0.25) is 0 Å². The van der Waals surface area contributed by atoms with Crippen LogP contribution in [0, 0.1) is 13.8 Å². The zero-order valence-corrected chi connectivity index (χ0v) is 16.4. The molecule has 0 aliphatic carbocycles. The van der Waals surface area contributed by atoms with E-state index in [1.54, 1.807) is 18.6 Å². The van der Waals surface area contributed by atoms with Crippen LogP contribution in [0.5, 0.6) is 5.75 Å². The van der Waals surface area contributed by atoms with Crippen molar-refractivity contribution in [2.45, 2.75) is 27.1 Å². The number of esters is 1. The molecule has 3 aromatic heterocycles. The van der Waals surface area contributed by atoms with Gasteiger partial charge in [0.05, 0.1) is 29.3 Å². The van der Waals surface area contributed by atoms with Gasteiger partial charge in [0.25, 0.3) is 0 Å². The molecule has 0 fully saturated rings. The van der Waals surface area contributed by atoms with Crippen LogP contribution in [0.3, 0.4) is 0 Å². The van der Waals surface area contributed by atoms with E-state index in [4.69, 9.17) is 9.47 Å². The second-order valence-electron chi connectivity index (χ2n) is 6.43. The van der Waals surface area contributed by atoms with Gasteiger partial charge in [-0.05, 0) is 38.1 Å². The molecule has 0 radical (unpaired) electrons. The Labute approximate surface area is 166 Å². The number of nitrogens with zero attached hydrogens (tertiary/aromatic N) is 3. The van der Waals surface area contributed by atoms with Gasteiger partial charge in [0.15, 0.2) is 0 Å². The summed E-state index contributed by atoms with van der Waals surface area (Å²) in [6.07, 6.45) is 3.43. The fourth-order valence-corrected chi connectivity index (χ4v) is 3.51. The normalized spacial score (nSPS) is 10.9. The third kappa shape index (κ3) is 3.89. The van der Waals surface area contributed by atoms with E-state index in [0.29, 0.717) is 17.9 Å². The first-order valence-electron chi connectivity index (χ1n) is 8.82. The quantitative estimate of drug-likeness (QED) is 0.456. The number of hydrogen-bond donors (Lipinski definition) is 0. The minimum atomic E-state index is -0.376. The number of carbonyl (C=O) groups is 1. The number of aryl methyl sites for hydroxylation is 2. The Morgan fingerprint density at radius 2 is 1.93 bits per heavy atom. The van der Waals surface area contributed by atoms with Gasteiger partial charge in [-0.2, -0.15) is 0 Å². The average molecular weight is 393 g/mol. The molecule has 1 aromatic carbocycles. The van der Waals surface area contributed by atoms with Crippen molar-refractivity contribution in [2.24, 2.45) is 0 Å². The summed E-state index contributed by atoms with van der Waals surface area (Å²) in [5.74, 6) is 0.428. The molecule has 142 valence electrons. The van der Waals surface area contributed by atoms with Crippen molar-refractivity contribution in [3.8, 4) is 5.75 Å². The predicted molar refractivity (Wildman–Crippen MR) is 107 cm³/mol. The lowest BCUT2D eigenvalue weighted by Gasteiger charge is -2.08. The van der Waals surface area contributed by atoms with Crippen molar-refractivity contribution in [2.75, 3.05) is 0 Å². The third-order valence-electron chi connectivity index (χ3n) is 4.39. The van der Waals surface area contributed by atoms with E-state index in [2.05, 4.69) is 9.97 Å². The fraction of sp³-hybridized carbons (Fsp3) is 0.190. The van der Waals surface area contributed by atoms with Crippen LogP contribution in [0.1, 0.15) is 32.3 Å². The van der Waals surface area contributed by atoms with E-state index in [-0.39, 0.29) is 12.6 Å². The predicted octanol–water partition coefficient (Wildman–Crippen LogP) is 4.34. The molecular weight excluding hydrogens is 374 g/mol. The lowest BCUT2D eigenvalue weighted by molar-refractivity contribution is 0.0466. The van der Waals surface area contributed by atoms with E-state index in [9.17, 15) is 4.79 Å². The average Bonchev–Trinajstić information content (AvgIpc) is 3.36. The first-order chi connectivity index (χ1) is 13.6. The van der Waals surface area contributed by atoms with Crippen LogP contribution in [-0.4, -0.2) is 20.3 Å². The lowest BCUT2D eigenvalue weighted by atomic mass is 10.2. The number of imidazole rings is 1. The van der Waals surface area contributed by atoms with Crippen LogP contribution in [0.15, 0.2) is 54.3 Å². The van der Waals surface area contributed by atoms with Gasteiger partial charge in [0.2, 0.25) is 0 Å². The molecule has 0 aliphatic rings. The Hall–Kier alpha value is -3.19. The van der Waals surface area contributed by atoms with Gasteiger partial charge in [0, 0.05) is 11.1 Å². The maximum absolute atomic E-state index is 12.4. The number of aromatic nitrogens is 3. The van der Waals surface area contributed by atoms with Crippen LogP contribution in [-0.2, 0) is 18.0 Å². The monoisotopic (exact) mass is 393 g/mol. The summed E-state index contributed by atoms with van der Waals surface area (Å²) in [4.78, 5) is 21.0. The molecule has 0 unspecified atom stereocenters. The van der Waals surface area contributed by atoms with E-state index in [1.807, 2.05) is 54.0 Å². The summed E-state index contributed by atoms with van der Waals surface area (Å²) in [6, 6.07) is 11.5. The summed E-state index contributed by atoms with van der Waals surface area (Å²) in [7, 11) is 0. The summed E-state index contributed by atoms with van der Waals surface area (Å²) in [5, 5.41) is 2.72. The van der Waals surface area contributed by atoms with Crippen LogP contribution in [0.4, 0.5) is 0 Å². The SMILES string of the molecule is Cc1ccc(OCc2nc(COC(=O)c3ccc4cncn4c3C)cs2)cc1. The van der Waals surface area contributed by atoms with Gasteiger partial charge < -0.3 is 13.9 Å². The molecule has 0 spiro atoms. The molecule has 0 N–H and O–H groups in total. The zero-order chi connectivity index (χ0) is 19.5. The van der Waals surface area contributed by atoms with E-state index in [0.717, 1.165) is 22.0 Å². The number of pyridine rings is 1.